The molecule has 1 aliphatic heterocycles. The zero-order valence-electron chi connectivity index (χ0n) is 14.0. The summed E-state index contributed by atoms with van der Waals surface area (Å²) in [5.41, 5.74) is 17.1. The van der Waals surface area contributed by atoms with E-state index in [9.17, 15) is 4.39 Å². The minimum atomic E-state index is -0.649. The van der Waals surface area contributed by atoms with Gasteiger partial charge in [-0.05, 0) is 18.6 Å². The Bertz CT molecular complexity index is 877. The molecule has 130 valence electrons. The maximum absolute atomic E-state index is 13.7. The van der Waals surface area contributed by atoms with Crippen LogP contribution in [0.5, 0.6) is 0 Å². The van der Waals surface area contributed by atoms with Gasteiger partial charge in [-0.15, -0.1) is 0 Å². The lowest BCUT2D eigenvalue weighted by Crippen LogP contribution is -2.36. The number of nitrogens with zero attached hydrogens (tertiary/aromatic N) is 4. The summed E-state index contributed by atoms with van der Waals surface area (Å²) in [6, 6.07) is 3.10. The number of anilines is 4. The van der Waals surface area contributed by atoms with E-state index < -0.39 is 5.82 Å². The number of nitrogens with two attached hydrogens (primary N) is 2. The summed E-state index contributed by atoms with van der Waals surface area (Å²) in [6.45, 7) is 5.65. The molecule has 0 aromatic carbocycles. The van der Waals surface area contributed by atoms with Crippen molar-refractivity contribution >= 4 is 34.5 Å². The SMILES string of the molecule is C=C(N)c1cc(F)c(N)nc1Nc1cnc2c(c1)C(CC)=NNN2C. The molecule has 0 amide bonds. The molecule has 0 spiro atoms. The maximum atomic E-state index is 13.7. The van der Waals surface area contributed by atoms with E-state index in [1.54, 1.807) is 11.2 Å². The predicted octanol–water partition coefficient (Wildman–Crippen LogP) is 1.94. The number of hydrogen-bond acceptors (Lipinski definition) is 8. The zero-order valence-corrected chi connectivity index (χ0v) is 14.0. The second kappa shape index (κ2) is 6.27. The van der Waals surface area contributed by atoms with Crippen molar-refractivity contribution in [2.24, 2.45) is 10.8 Å². The molecule has 0 saturated heterocycles. The molecule has 3 heterocycles. The van der Waals surface area contributed by atoms with E-state index >= 15 is 0 Å². The topological polar surface area (TPSA) is 117 Å². The van der Waals surface area contributed by atoms with Crippen LogP contribution >= 0.6 is 0 Å². The van der Waals surface area contributed by atoms with E-state index in [2.05, 4.69) is 32.5 Å². The second-order valence-corrected chi connectivity index (χ2v) is 5.57. The van der Waals surface area contributed by atoms with Crippen LogP contribution in [0.2, 0.25) is 0 Å². The standard InChI is InChI=1S/C16H19FN8/c1-4-13-11-5-9(7-20-16(11)25(3)24-23-13)21-15-10(8(2)18)6-12(17)14(19)22-15/h5-7,24H,2,4,18H2,1,3H3,(H3,19,21,22). The normalized spacial score (nSPS) is 12.9. The Balaban J connectivity index is 2.02. The van der Waals surface area contributed by atoms with Crippen LogP contribution in [0.15, 0.2) is 30.0 Å². The predicted molar refractivity (Wildman–Crippen MR) is 97.7 cm³/mol. The van der Waals surface area contributed by atoms with Gasteiger partial charge in [-0.1, -0.05) is 13.5 Å². The number of nitrogens with one attached hydrogen (secondary N) is 2. The number of hydrogen-bond donors (Lipinski definition) is 4. The Kier molecular flexibility index (Phi) is 4.14. The van der Waals surface area contributed by atoms with Gasteiger partial charge in [0.2, 0.25) is 0 Å². The highest BCUT2D eigenvalue weighted by atomic mass is 19.1. The number of hydrazone groups is 1. The molecule has 0 fully saturated rings. The fourth-order valence-electron chi connectivity index (χ4n) is 2.50. The highest BCUT2D eigenvalue weighted by Gasteiger charge is 2.19. The van der Waals surface area contributed by atoms with Crippen LogP contribution in [0.25, 0.3) is 5.70 Å². The van der Waals surface area contributed by atoms with Crippen LogP contribution in [0.1, 0.15) is 24.5 Å². The number of rotatable bonds is 4. The van der Waals surface area contributed by atoms with Crippen LogP contribution in [-0.4, -0.2) is 22.7 Å². The first-order valence-corrected chi connectivity index (χ1v) is 7.64. The van der Waals surface area contributed by atoms with Crippen molar-refractivity contribution in [3.8, 4) is 0 Å². The van der Waals surface area contributed by atoms with Gasteiger partial charge in [0.1, 0.15) is 5.82 Å². The van der Waals surface area contributed by atoms with E-state index in [1.807, 2.05) is 20.0 Å². The maximum Gasteiger partial charge on any atom is 0.166 e. The first kappa shape index (κ1) is 16.5. The third-order valence-electron chi connectivity index (χ3n) is 3.78. The Morgan fingerprint density at radius 1 is 1.44 bits per heavy atom. The lowest BCUT2D eigenvalue weighted by molar-refractivity contribution is 0.627. The third-order valence-corrected chi connectivity index (χ3v) is 3.78. The molecule has 3 rings (SSSR count). The van der Waals surface area contributed by atoms with Crippen molar-refractivity contribution in [3.63, 3.8) is 0 Å². The van der Waals surface area contributed by atoms with Gasteiger partial charge in [0.15, 0.2) is 17.5 Å². The molecular weight excluding hydrogens is 323 g/mol. The van der Waals surface area contributed by atoms with Crippen molar-refractivity contribution in [1.82, 2.24) is 15.5 Å². The summed E-state index contributed by atoms with van der Waals surface area (Å²) >= 11 is 0. The summed E-state index contributed by atoms with van der Waals surface area (Å²) in [5, 5.41) is 9.09. The number of halogens is 1. The zero-order chi connectivity index (χ0) is 18.1. The first-order chi connectivity index (χ1) is 11.9. The number of aromatic nitrogens is 2. The summed E-state index contributed by atoms with van der Waals surface area (Å²) in [7, 11) is 1.83. The molecule has 0 bridgehead atoms. The molecule has 2 aromatic heterocycles. The molecule has 25 heavy (non-hydrogen) atoms. The van der Waals surface area contributed by atoms with E-state index in [0.717, 1.165) is 23.5 Å². The first-order valence-electron chi connectivity index (χ1n) is 7.64. The van der Waals surface area contributed by atoms with Crippen LogP contribution in [-0.2, 0) is 0 Å². The van der Waals surface area contributed by atoms with Crippen LogP contribution in [0.3, 0.4) is 0 Å². The van der Waals surface area contributed by atoms with Gasteiger partial charge in [-0.3, -0.25) is 5.01 Å². The lowest BCUT2D eigenvalue weighted by atomic mass is 10.1. The van der Waals surface area contributed by atoms with Crippen molar-refractivity contribution in [3.05, 3.63) is 41.9 Å². The van der Waals surface area contributed by atoms with Gasteiger partial charge in [0.05, 0.1) is 17.6 Å². The Morgan fingerprint density at radius 3 is 2.88 bits per heavy atom. The van der Waals surface area contributed by atoms with Crippen LogP contribution < -0.4 is 27.3 Å². The van der Waals surface area contributed by atoms with Gasteiger partial charge >= 0.3 is 0 Å². The van der Waals surface area contributed by atoms with Crippen molar-refractivity contribution in [1.29, 1.82) is 0 Å². The summed E-state index contributed by atoms with van der Waals surface area (Å²) < 4.78 is 13.7. The molecule has 9 heteroatoms. The monoisotopic (exact) mass is 342 g/mol. The van der Waals surface area contributed by atoms with Crippen molar-refractivity contribution in [2.75, 3.05) is 23.1 Å². The average Bonchev–Trinajstić information content (AvgIpc) is 2.58. The minimum Gasteiger partial charge on any atom is -0.399 e. The lowest BCUT2D eigenvalue weighted by Gasteiger charge is -2.26. The molecule has 2 aromatic rings. The number of hydrazine groups is 1. The molecule has 1 aliphatic rings. The molecule has 0 saturated carbocycles. The van der Waals surface area contributed by atoms with E-state index in [1.165, 1.54) is 6.07 Å². The van der Waals surface area contributed by atoms with E-state index in [4.69, 9.17) is 11.5 Å². The number of fused-ring (bicyclic) bond motifs is 1. The van der Waals surface area contributed by atoms with Gasteiger partial charge in [-0.2, -0.15) is 5.10 Å². The number of pyridine rings is 2. The fraction of sp³-hybridized carbons (Fsp3) is 0.188. The van der Waals surface area contributed by atoms with E-state index in [0.29, 0.717) is 17.1 Å². The van der Waals surface area contributed by atoms with Gasteiger partial charge in [0.25, 0.3) is 0 Å². The largest absolute Gasteiger partial charge is 0.399 e. The van der Waals surface area contributed by atoms with Crippen LogP contribution in [0, 0.1) is 5.82 Å². The molecule has 0 unspecified atom stereocenters. The quantitative estimate of drug-likeness (QED) is 0.670. The highest BCUT2D eigenvalue weighted by molar-refractivity contribution is 6.05. The molecule has 0 atom stereocenters. The molecule has 0 radical (unpaired) electrons. The van der Waals surface area contributed by atoms with E-state index in [-0.39, 0.29) is 11.5 Å². The smallest absolute Gasteiger partial charge is 0.166 e. The van der Waals surface area contributed by atoms with Gasteiger partial charge < -0.3 is 16.8 Å². The van der Waals surface area contributed by atoms with Crippen molar-refractivity contribution < 1.29 is 4.39 Å². The summed E-state index contributed by atoms with van der Waals surface area (Å²) in [4.78, 5) is 8.47. The molecule has 6 N–H and O–H groups in total. The van der Waals surface area contributed by atoms with Gasteiger partial charge in [0, 0.05) is 23.9 Å². The fourth-order valence-corrected chi connectivity index (χ4v) is 2.50. The third kappa shape index (κ3) is 3.03. The Labute approximate surface area is 144 Å². The molecule has 8 nitrogen and oxygen atoms in total. The highest BCUT2D eigenvalue weighted by Crippen LogP contribution is 2.28. The molecular formula is C16H19FN8. The van der Waals surface area contributed by atoms with Crippen molar-refractivity contribution in [2.45, 2.75) is 13.3 Å². The Hall–Kier alpha value is -3.36. The van der Waals surface area contributed by atoms with Crippen LogP contribution in [0.4, 0.5) is 27.5 Å². The number of nitrogen functional groups attached to an aromatic ring is 1. The van der Waals surface area contributed by atoms with Gasteiger partial charge in [-0.25, -0.2) is 19.9 Å². The molecule has 0 aliphatic carbocycles. The minimum absolute atomic E-state index is 0.180. The summed E-state index contributed by atoms with van der Waals surface area (Å²) in [6.07, 6.45) is 2.38. The second-order valence-electron chi connectivity index (χ2n) is 5.57. The Morgan fingerprint density at radius 2 is 2.20 bits per heavy atom. The summed E-state index contributed by atoms with van der Waals surface area (Å²) in [5.74, 6) is 0.194. The average molecular weight is 342 g/mol.